The molecule has 24 heavy (non-hydrogen) atoms. The molecule has 0 bridgehead atoms. The zero-order chi connectivity index (χ0) is 17.4. The molecule has 0 N–H and O–H groups in total. The highest BCUT2D eigenvalue weighted by Gasteiger charge is 2.69. The van der Waals surface area contributed by atoms with E-state index in [1.165, 1.54) is 0 Å². The van der Waals surface area contributed by atoms with E-state index in [0.29, 0.717) is 0 Å². The van der Waals surface area contributed by atoms with Crippen molar-refractivity contribution < 1.29 is 18.8 Å². The maximum Gasteiger partial charge on any atom is 0.258 e. The van der Waals surface area contributed by atoms with Crippen LogP contribution in [0.1, 0.15) is 30.5 Å². The number of hydrogen-bond donors (Lipinski definition) is 0. The predicted molar refractivity (Wildman–Crippen MR) is 88.8 cm³/mol. The van der Waals surface area contributed by atoms with Crippen LogP contribution < -0.4 is 5.11 Å². The summed E-state index contributed by atoms with van der Waals surface area (Å²) < 4.78 is 13.8. The van der Waals surface area contributed by atoms with Crippen LogP contribution in [0.25, 0.3) is 0 Å². The molecule has 2 aromatic rings. The van der Waals surface area contributed by atoms with Crippen LogP contribution >= 0.6 is 11.6 Å². The SMILES string of the molecule is CC(c1ccccc1)[N@@+](Cc1ccccc1)(C(=O)[O-])C1CC1(F)Cl. The third kappa shape index (κ3) is 2.92. The summed E-state index contributed by atoms with van der Waals surface area (Å²) in [6, 6.07) is 17.1. The van der Waals surface area contributed by atoms with E-state index in [1.807, 2.05) is 60.7 Å². The fourth-order valence-corrected chi connectivity index (χ4v) is 3.77. The molecule has 0 spiro atoms. The van der Waals surface area contributed by atoms with E-state index in [0.717, 1.165) is 11.1 Å². The van der Waals surface area contributed by atoms with E-state index in [4.69, 9.17) is 11.6 Å². The van der Waals surface area contributed by atoms with Crippen LogP contribution in [0.5, 0.6) is 0 Å². The lowest BCUT2D eigenvalue weighted by atomic mass is 10.0. The van der Waals surface area contributed by atoms with Crippen LogP contribution in [-0.2, 0) is 6.54 Å². The van der Waals surface area contributed by atoms with Crippen LogP contribution in [0.4, 0.5) is 9.18 Å². The van der Waals surface area contributed by atoms with Crippen LogP contribution in [0.15, 0.2) is 60.7 Å². The van der Waals surface area contributed by atoms with Gasteiger partial charge in [0.25, 0.3) is 6.09 Å². The third-order valence-electron chi connectivity index (χ3n) is 4.95. The molecule has 0 aromatic heterocycles. The van der Waals surface area contributed by atoms with Gasteiger partial charge in [0.15, 0.2) is 0 Å². The van der Waals surface area contributed by atoms with Gasteiger partial charge in [-0.3, -0.25) is 4.48 Å². The molecule has 126 valence electrons. The highest BCUT2D eigenvalue weighted by atomic mass is 35.5. The van der Waals surface area contributed by atoms with Gasteiger partial charge < -0.3 is 9.90 Å². The molecule has 3 nitrogen and oxygen atoms in total. The molecule has 1 fully saturated rings. The maximum absolute atomic E-state index is 14.4. The average molecular weight is 348 g/mol. The van der Waals surface area contributed by atoms with Gasteiger partial charge in [-0.2, -0.15) is 0 Å². The highest BCUT2D eigenvalue weighted by molar-refractivity contribution is 6.25. The number of alkyl halides is 2. The standard InChI is InChI=1S/C19H19ClFNO2/c1-14(16-10-6-3-7-11-16)22(18(23)24,17-12-19(17,20)21)13-15-8-4-2-5-9-15/h2-11,14,17H,12-13H2,1H3/t14?,17?,19?,22-/m1/s1. The molecule has 0 saturated heterocycles. The topological polar surface area (TPSA) is 40.1 Å². The van der Waals surface area contributed by atoms with E-state index < -0.39 is 27.8 Å². The Morgan fingerprint density at radius 2 is 1.75 bits per heavy atom. The summed E-state index contributed by atoms with van der Waals surface area (Å²) in [6.07, 6.45) is -1.30. The lowest BCUT2D eigenvalue weighted by molar-refractivity contribution is -0.927. The average Bonchev–Trinajstić information content (AvgIpc) is 3.22. The van der Waals surface area contributed by atoms with Crippen molar-refractivity contribution in [1.29, 1.82) is 0 Å². The van der Waals surface area contributed by atoms with Gasteiger partial charge in [0.05, 0.1) is 6.42 Å². The number of quaternary nitrogens is 1. The van der Waals surface area contributed by atoms with Gasteiger partial charge in [-0.15, -0.1) is 0 Å². The van der Waals surface area contributed by atoms with E-state index in [9.17, 15) is 14.3 Å². The second-order valence-electron chi connectivity index (χ2n) is 6.41. The molecular weight excluding hydrogens is 329 g/mol. The largest absolute Gasteiger partial charge is 0.498 e. The maximum atomic E-state index is 14.4. The number of carbonyl (C=O) groups excluding carboxylic acids is 1. The Kier molecular flexibility index (Phi) is 4.37. The minimum Gasteiger partial charge on any atom is -0.498 e. The first kappa shape index (κ1) is 16.9. The lowest BCUT2D eigenvalue weighted by Crippen LogP contribution is -2.61. The monoisotopic (exact) mass is 347 g/mol. The van der Waals surface area contributed by atoms with Gasteiger partial charge in [-0.1, -0.05) is 72.3 Å². The number of benzene rings is 2. The van der Waals surface area contributed by atoms with Crippen molar-refractivity contribution in [3.8, 4) is 0 Å². The van der Waals surface area contributed by atoms with E-state index in [-0.39, 0.29) is 13.0 Å². The van der Waals surface area contributed by atoms with Gasteiger partial charge in [0.2, 0.25) is 5.13 Å². The van der Waals surface area contributed by atoms with E-state index in [2.05, 4.69) is 0 Å². The molecule has 0 heterocycles. The van der Waals surface area contributed by atoms with E-state index in [1.54, 1.807) is 6.92 Å². The number of nitrogens with zero attached hydrogens (tertiary/aromatic N) is 1. The van der Waals surface area contributed by atoms with Crippen molar-refractivity contribution in [2.75, 3.05) is 0 Å². The summed E-state index contributed by atoms with van der Waals surface area (Å²) in [5.74, 6) is 0. The van der Waals surface area contributed by atoms with Crippen molar-refractivity contribution in [1.82, 2.24) is 0 Å². The number of halogens is 2. The molecule has 3 unspecified atom stereocenters. The molecular formula is C19H19ClFNO2. The molecule has 4 atom stereocenters. The summed E-state index contributed by atoms with van der Waals surface area (Å²) in [7, 11) is 0. The fraction of sp³-hybridized carbons (Fsp3) is 0.316. The van der Waals surface area contributed by atoms with Crippen LogP contribution in [0.3, 0.4) is 0 Å². The first-order valence-corrected chi connectivity index (χ1v) is 8.31. The Hall–Kier alpha value is -1.91. The number of hydrogen-bond acceptors (Lipinski definition) is 2. The zero-order valence-corrected chi connectivity index (χ0v) is 14.1. The number of carbonyl (C=O) groups is 1. The second kappa shape index (κ2) is 6.19. The van der Waals surface area contributed by atoms with Gasteiger partial charge in [0.1, 0.15) is 18.6 Å². The summed E-state index contributed by atoms with van der Waals surface area (Å²) in [5.41, 5.74) is 1.63. The quantitative estimate of drug-likeness (QED) is 0.610. The molecule has 5 heteroatoms. The fourth-order valence-electron chi connectivity index (χ4n) is 3.45. The molecule has 3 rings (SSSR count). The molecule has 1 aliphatic carbocycles. The molecule has 1 saturated carbocycles. The van der Waals surface area contributed by atoms with Gasteiger partial charge in [0, 0.05) is 11.1 Å². The number of carboxylic acid groups (broad SMARTS) is 1. The molecule has 0 radical (unpaired) electrons. The van der Waals surface area contributed by atoms with Crippen molar-refractivity contribution in [3.63, 3.8) is 0 Å². The number of amides is 1. The molecule has 0 aliphatic heterocycles. The summed E-state index contributed by atoms with van der Waals surface area (Å²) >= 11 is 5.86. The highest BCUT2D eigenvalue weighted by Crippen LogP contribution is 2.55. The van der Waals surface area contributed by atoms with Gasteiger partial charge >= 0.3 is 0 Å². The molecule has 1 amide bonds. The first-order chi connectivity index (χ1) is 11.4. The minimum absolute atomic E-state index is 0.00649. The Morgan fingerprint density at radius 3 is 2.21 bits per heavy atom. The summed E-state index contributed by atoms with van der Waals surface area (Å²) in [6.45, 7) is 1.92. The summed E-state index contributed by atoms with van der Waals surface area (Å²) in [4.78, 5) is 12.2. The van der Waals surface area contributed by atoms with Crippen molar-refractivity contribution in [3.05, 3.63) is 71.8 Å². The van der Waals surface area contributed by atoms with Crippen molar-refractivity contribution >= 4 is 17.7 Å². The second-order valence-corrected chi connectivity index (χ2v) is 7.04. The van der Waals surface area contributed by atoms with Gasteiger partial charge in [-0.05, 0) is 6.92 Å². The first-order valence-electron chi connectivity index (χ1n) is 7.93. The van der Waals surface area contributed by atoms with Crippen molar-refractivity contribution in [2.45, 2.75) is 37.1 Å². The Balaban J connectivity index is 2.07. The van der Waals surface area contributed by atoms with E-state index >= 15 is 0 Å². The Bertz CT molecular complexity index is 723. The van der Waals surface area contributed by atoms with Crippen LogP contribution in [0.2, 0.25) is 0 Å². The van der Waals surface area contributed by atoms with Crippen LogP contribution in [-0.4, -0.2) is 21.7 Å². The molecule has 2 aromatic carbocycles. The Labute approximate surface area is 145 Å². The predicted octanol–water partition coefficient (Wildman–Crippen LogP) is 3.78. The van der Waals surface area contributed by atoms with Crippen LogP contribution in [0, 0.1) is 0 Å². The normalized spacial score (nSPS) is 26.4. The smallest absolute Gasteiger partial charge is 0.258 e. The third-order valence-corrected chi connectivity index (χ3v) is 5.36. The Morgan fingerprint density at radius 1 is 1.25 bits per heavy atom. The van der Waals surface area contributed by atoms with Crippen molar-refractivity contribution in [2.24, 2.45) is 0 Å². The van der Waals surface area contributed by atoms with Gasteiger partial charge in [-0.25, -0.2) is 4.39 Å². The number of rotatable bonds is 5. The molecule has 1 aliphatic rings. The minimum atomic E-state index is -2.00. The lowest BCUT2D eigenvalue weighted by Gasteiger charge is -2.43. The summed E-state index contributed by atoms with van der Waals surface area (Å²) in [5, 5.41) is 10.2. The zero-order valence-electron chi connectivity index (χ0n) is 13.4.